The van der Waals surface area contributed by atoms with Crippen molar-refractivity contribution in [1.29, 1.82) is 0 Å². The second kappa shape index (κ2) is 8.12. The van der Waals surface area contributed by atoms with Crippen molar-refractivity contribution in [2.75, 3.05) is 26.2 Å². The number of aryl methyl sites for hydroxylation is 1. The molecule has 1 aromatic heterocycles. The fourth-order valence-electron chi connectivity index (χ4n) is 3.71. The van der Waals surface area contributed by atoms with Crippen molar-refractivity contribution in [1.82, 2.24) is 20.0 Å². The van der Waals surface area contributed by atoms with Gasteiger partial charge in [-0.25, -0.2) is 0 Å². The van der Waals surface area contributed by atoms with E-state index in [1.807, 2.05) is 11.6 Å². The molecule has 1 N–H and O–H groups in total. The molecule has 1 atom stereocenters. The van der Waals surface area contributed by atoms with E-state index in [0.717, 1.165) is 57.7 Å². The lowest BCUT2D eigenvalue weighted by Crippen LogP contribution is -2.46. The van der Waals surface area contributed by atoms with E-state index < -0.39 is 0 Å². The summed E-state index contributed by atoms with van der Waals surface area (Å²) < 4.78 is 7.64. The quantitative estimate of drug-likeness (QED) is 0.864. The lowest BCUT2D eigenvalue weighted by atomic mass is 10.0. The van der Waals surface area contributed by atoms with E-state index in [-0.39, 0.29) is 11.9 Å². The zero-order valence-electron chi connectivity index (χ0n) is 15.0. The van der Waals surface area contributed by atoms with Crippen LogP contribution >= 0.6 is 0 Å². The number of ether oxygens (including phenoxy) is 1. The molecule has 0 saturated carbocycles. The molecular weight excluding hydrogens is 304 g/mol. The molecule has 0 bridgehead atoms. The zero-order valence-corrected chi connectivity index (χ0v) is 15.0. The Morgan fingerprint density at radius 1 is 1.38 bits per heavy atom. The van der Waals surface area contributed by atoms with Crippen molar-refractivity contribution in [2.24, 2.45) is 0 Å². The van der Waals surface area contributed by atoms with Crippen molar-refractivity contribution < 1.29 is 9.53 Å². The highest BCUT2D eigenvalue weighted by Crippen LogP contribution is 2.17. The SMILES string of the molecule is CCCn1ncc(C(=O)NC2CCN(CC3CCCO3)CC2)c1C. The first-order chi connectivity index (χ1) is 11.7. The van der Waals surface area contributed by atoms with E-state index in [1.165, 1.54) is 12.8 Å². The number of amides is 1. The molecule has 0 radical (unpaired) electrons. The maximum atomic E-state index is 12.5. The predicted molar refractivity (Wildman–Crippen MR) is 93.2 cm³/mol. The van der Waals surface area contributed by atoms with Crippen LogP contribution < -0.4 is 5.32 Å². The molecule has 2 saturated heterocycles. The highest BCUT2D eigenvalue weighted by atomic mass is 16.5. The number of nitrogens with one attached hydrogen (secondary N) is 1. The number of piperidine rings is 1. The Bertz CT molecular complexity index is 543. The summed E-state index contributed by atoms with van der Waals surface area (Å²) in [7, 11) is 0. The van der Waals surface area contributed by atoms with Crippen molar-refractivity contribution in [3.63, 3.8) is 0 Å². The third-order valence-corrected chi connectivity index (χ3v) is 5.19. The van der Waals surface area contributed by atoms with Gasteiger partial charge in [-0.3, -0.25) is 9.48 Å². The molecule has 2 aliphatic heterocycles. The minimum Gasteiger partial charge on any atom is -0.377 e. The van der Waals surface area contributed by atoms with Crippen LogP contribution in [-0.2, 0) is 11.3 Å². The summed E-state index contributed by atoms with van der Waals surface area (Å²) in [5.74, 6) is 0.0208. The van der Waals surface area contributed by atoms with Crippen LogP contribution in [0.4, 0.5) is 0 Å². The molecule has 2 fully saturated rings. The van der Waals surface area contributed by atoms with E-state index in [9.17, 15) is 4.79 Å². The van der Waals surface area contributed by atoms with Gasteiger partial charge in [-0.15, -0.1) is 0 Å². The molecule has 0 aromatic carbocycles. The van der Waals surface area contributed by atoms with Crippen molar-refractivity contribution >= 4 is 5.91 Å². The minimum atomic E-state index is 0.0208. The van der Waals surface area contributed by atoms with Gasteiger partial charge in [-0.05, 0) is 39.0 Å². The normalized spacial score (nSPS) is 22.8. The third kappa shape index (κ3) is 4.16. The molecule has 2 aliphatic rings. The monoisotopic (exact) mass is 334 g/mol. The molecule has 1 amide bonds. The molecular formula is C18H30N4O2. The summed E-state index contributed by atoms with van der Waals surface area (Å²) in [6.45, 7) is 9.00. The number of carbonyl (C=O) groups is 1. The number of hydrogen-bond acceptors (Lipinski definition) is 4. The van der Waals surface area contributed by atoms with Gasteiger partial charge >= 0.3 is 0 Å². The highest BCUT2D eigenvalue weighted by molar-refractivity contribution is 5.95. The van der Waals surface area contributed by atoms with Crippen LogP contribution in [0.2, 0.25) is 0 Å². The summed E-state index contributed by atoms with van der Waals surface area (Å²) in [5.41, 5.74) is 1.68. The summed E-state index contributed by atoms with van der Waals surface area (Å²) in [4.78, 5) is 15.0. The highest BCUT2D eigenvalue weighted by Gasteiger charge is 2.25. The van der Waals surface area contributed by atoms with E-state index in [2.05, 4.69) is 22.2 Å². The maximum absolute atomic E-state index is 12.5. The van der Waals surface area contributed by atoms with Crippen LogP contribution in [0.1, 0.15) is 55.1 Å². The van der Waals surface area contributed by atoms with Gasteiger partial charge in [0.1, 0.15) is 0 Å². The lowest BCUT2D eigenvalue weighted by molar-refractivity contribution is 0.0612. The number of nitrogens with zero attached hydrogens (tertiary/aromatic N) is 3. The average Bonchev–Trinajstić information content (AvgIpc) is 3.20. The van der Waals surface area contributed by atoms with Crippen molar-refractivity contribution in [3.8, 4) is 0 Å². The van der Waals surface area contributed by atoms with Crippen LogP contribution in [0.15, 0.2) is 6.20 Å². The Kier molecular flexibility index (Phi) is 5.89. The molecule has 1 unspecified atom stereocenters. The summed E-state index contributed by atoms with van der Waals surface area (Å²) in [6.07, 6.45) is 7.56. The van der Waals surface area contributed by atoms with Crippen molar-refractivity contribution in [3.05, 3.63) is 17.5 Å². The topological polar surface area (TPSA) is 59.4 Å². The predicted octanol–water partition coefficient (Wildman–Crippen LogP) is 1.97. The second-order valence-corrected chi connectivity index (χ2v) is 7.05. The Balaban J connectivity index is 1.46. The van der Waals surface area contributed by atoms with Gasteiger partial charge in [-0.2, -0.15) is 5.10 Å². The van der Waals surface area contributed by atoms with Gasteiger partial charge in [0.25, 0.3) is 5.91 Å². The standard InChI is InChI=1S/C18H30N4O2/c1-3-8-22-14(2)17(12-19-22)18(23)20-15-6-9-21(10-7-15)13-16-5-4-11-24-16/h12,15-16H,3-11,13H2,1-2H3,(H,20,23). The van der Waals surface area contributed by atoms with Gasteiger partial charge < -0.3 is 15.0 Å². The average molecular weight is 334 g/mol. The Morgan fingerprint density at radius 2 is 2.17 bits per heavy atom. The lowest BCUT2D eigenvalue weighted by Gasteiger charge is -2.33. The zero-order chi connectivity index (χ0) is 16.9. The molecule has 0 spiro atoms. The molecule has 3 rings (SSSR count). The van der Waals surface area contributed by atoms with Gasteiger partial charge in [0.2, 0.25) is 0 Å². The molecule has 24 heavy (non-hydrogen) atoms. The fraction of sp³-hybridized carbons (Fsp3) is 0.778. The summed E-state index contributed by atoms with van der Waals surface area (Å²) >= 11 is 0. The van der Waals surface area contributed by atoms with E-state index in [0.29, 0.717) is 11.7 Å². The van der Waals surface area contributed by atoms with Gasteiger partial charge in [0.15, 0.2) is 0 Å². The van der Waals surface area contributed by atoms with Crippen LogP contribution in [0, 0.1) is 6.92 Å². The molecule has 134 valence electrons. The van der Waals surface area contributed by atoms with Gasteiger partial charge in [0.05, 0.1) is 17.9 Å². The molecule has 6 nitrogen and oxygen atoms in total. The number of hydrogen-bond donors (Lipinski definition) is 1. The summed E-state index contributed by atoms with van der Waals surface area (Å²) in [6, 6.07) is 0.271. The minimum absolute atomic E-state index is 0.0208. The molecule has 3 heterocycles. The van der Waals surface area contributed by atoms with E-state index in [4.69, 9.17) is 4.74 Å². The molecule has 6 heteroatoms. The van der Waals surface area contributed by atoms with Crippen molar-refractivity contribution in [2.45, 2.75) is 64.6 Å². The van der Waals surface area contributed by atoms with Gasteiger partial charge in [-0.1, -0.05) is 6.92 Å². The first-order valence-electron chi connectivity index (χ1n) is 9.34. The molecule has 1 aromatic rings. The number of carbonyl (C=O) groups excluding carboxylic acids is 1. The van der Waals surface area contributed by atoms with Crippen LogP contribution in [0.3, 0.4) is 0 Å². The van der Waals surface area contributed by atoms with Crippen LogP contribution in [-0.4, -0.2) is 59.0 Å². The number of aromatic nitrogens is 2. The first-order valence-corrected chi connectivity index (χ1v) is 9.34. The van der Waals surface area contributed by atoms with Crippen LogP contribution in [0.25, 0.3) is 0 Å². The van der Waals surface area contributed by atoms with E-state index in [1.54, 1.807) is 6.20 Å². The largest absolute Gasteiger partial charge is 0.377 e. The number of rotatable bonds is 6. The molecule has 0 aliphatic carbocycles. The second-order valence-electron chi connectivity index (χ2n) is 7.05. The number of likely N-dealkylation sites (tertiary alicyclic amines) is 1. The van der Waals surface area contributed by atoms with Gasteiger partial charge in [0, 0.05) is 44.5 Å². The summed E-state index contributed by atoms with van der Waals surface area (Å²) in [5, 5.41) is 7.52. The Hall–Kier alpha value is -1.40. The smallest absolute Gasteiger partial charge is 0.254 e. The van der Waals surface area contributed by atoms with E-state index >= 15 is 0 Å². The third-order valence-electron chi connectivity index (χ3n) is 5.19. The fourth-order valence-corrected chi connectivity index (χ4v) is 3.71. The first kappa shape index (κ1) is 17.4. The Morgan fingerprint density at radius 3 is 2.83 bits per heavy atom. The maximum Gasteiger partial charge on any atom is 0.254 e. The Labute approximate surface area is 144 Å². The van der Waals surface area contributed by atoms with Crippen LogP contribution in [0.5, 0.6) is 0 Å².